The van der Waals surface area contributed by atoms with Crippen LogP contribution in [0, 0.1) is 0 Å². The van der Waals surface area contributed by atoms with Crippen molar-refractivity contribution in [2.75, 3.05) is 0 Å². The maximum absolute atomic E-state index is 13.0. The number of hydrogen-bond donors (Lipinski definition) is 1. The van der Waals surface area contributed by atoms with E-state index in [-0.39, 0.29) is 23.9 Å². The maximum atomic E-state index is 13.0. The van der Waals surface area contributed by atoms with Gasteiger partial charge in [-0.15, -0.1) is 0 Å². The monoisotopic (exact) mass is 370 g/mol. The van der Waals surface area contributed by atoms with Gasteiger partial charge in [0.25, 0.3) is 5.91 Å². The lowest BCUT2D eigenvalue weighted by molar-refractivity contribution is -0.131. The van der Waals surface area contributed by atoms with Gasteiger partial charge in [0.1, 0.15) is 5.54 Å². The molecule has 136 valence electrons. The molecule has 2 aromatic rings. The van der Waals surface area contributed by atoms with Crippen LogP contribution in [0.2, 0.25) is 5.02 Å². The second-order valence-electron chi connectivity index (χ2n) is 7.90. The molecule has 3 rings (SSSR count). The lowest BCUT2D eigenvalue weighted by Crippen LogP contribution is -2.40. The van der Waals surface area contributed by atoms with E-state index in [0.717, 1.165) is 5.56 Å². The highest BCUT2D eigenvalue weighted by Gasteiger charge is 2.48. The fourth-order valence-corrected chi connectivity index (χ4v) is 3.24. The van der Waals surface area contributed by atoms with Crippen LogP contribution < -0.4 is 5.32 Å². The zero-order valence-electron chi connectivity index (χ0n) is 15.5. The van der Waals surface area contributed by atoms with Crippen molar-refractivity contribution in [1.29, 1.82) is 0 Å². The van der Waals surface area contributed by atoms with Crippen molar-refractivity contribution in [2.45, 2.75) is 45.2 Å². The fourth-order valence-electron chi connectivity index (χ4n) is 3.11. The second kappa shape index (κ2) is 6.44. The molecule has 1 N–H and O–H groups in total. The summed E-state index contributed by atoms with van der Waals surface area (Å²) in [5, 5.41) is 3.40. The molecule has 0 bridgehead atoms. The van der Waals surface area contributed by atoms with Gasteiger partial charge >= 0.3 is 6.03 Å². The molecule has 2 aromatic carbocycles. The first kappa shape index (κ1) is 18.5. The number of imide groups is 1. The first-order chi connectivity index (χ1) is 12.1. The molecule has 0 aromatic heterocycles. The summed E-state index contributed by atoms with van der Waals surface area (Å²) < 4.78 is 0. The first-order valence-electron chi connectivity index (χ1n) is 8.61. The summed E-state index contributed by atoms with van der Waals surface area (Å²) in [5.74, 6) is -0.260. The third kappa shape index (κ3) is 3.34. The van der Waals surface area contributed by atoms with E-state index in [1.807, 2.05) is 24.3 Å². The minimum atomic E-state index is -1.08. The molecule has 1 fully saturated rings. The molecule has 4 nitrogen and oxygen atoms in total. The van der Waals surface area contributed by atoms with Gasteiger partial charge in [0.2, 0.25) is 0 Å². The molecule has 1 heterocycles. The average Bonchev–Trinajstić information content (AvgIpc) is 2.79. The van der Waals surface area contributed by atoms with E-state index < -0.39 is 5.54 Å². The summed E-state index contributed by atoms with van der Waals surface area (Å²) in [4.78, 5) is 26.7. The van der Waals surface area contributed by atoms with Crippen LogP contribution in [0.4, 0.5) is 4.79 Å². The third-order valence-electron chi connectivity index (χ3n) is 4.86. The van der Waals surface area contributed by atoms with Gasteiger partial charge in [-0.05, 0) is 41.2 Å². The quantitative estimate of drug-likeness (QED) is 0.802. The minimum Gasteiger partial charge on any atom is -0.319 e. The predicted molar refractivity (Wildman–Crippen MR) is 103 cm³/mol. The van der Waals surface area contributed by atoms with E-state index in [1.54, 1.807) is 31.2 Å². The summed E-state index contributed by atoms with van der Waals surface area (Å²) in [5.41, 5.74) is 1.83. The van der Waals surface area contributed by atoms with Crippen molar-refractivity contribution in [3.8, 4) is 0 Å². The second-order valence-corrected chi connectivity index (χ2v) is 8.34. The number of nitrogens with zero attached hydrogens (tertiary/aromatic N) is 1. The predicted octanol–water partition coefficient (Wildman–Crippen LogP) is 4.60. The van der Waals surface area contributed by atoms with Crippen LogP contribution in [0.5, 0.6) is 0 Å². The van der Waals surface area contributed by atoms with E-state index in [2.05, 4.69) is 26.1 Å². The van der Waals surface area contributed by atoms with Crippen LogP contribution in [0.25, 0.3) is 0 Å². The molecule has 5 heteroatoms. The summed E-state index contributed by atoms with van der Waals surface area (Å²) >= 11 is 5.93. The number of hydrogen-bond acceptors (Lipinski definition) is 2. The molecule has 1 aliphatic rings. The minimum absolute atomic E-state index is 0.0620. The Balaban J connectivity index is 1.82. The lowest BCUT2D eigenvalue weighted by atomic mass is 9.86. The van der Waals surface area contributed by atoms with Crippen LogP contribution in [-0.4, -0.2) is 16.8 Å². The Hall–Kier alpha value is -2.33. The fraction of sp³-hybridized carbons (Fsp3) is 0.333. The Kier molecular flexibility index (Phi) is 4.57. The highest BCUT2D eigenvalue weighted by Crippen LogP contribution is 2.31. The number of amides is 3. The molecular weight excluding hydrogens is 348 g/mol. The van der Waals surface area contributed by atoms with Crippen molar-refractivity contribution < 1.29 is 9.59 Å². The highest BCUT2D eigenvalue weighted by molar-refractivity contribution is 6.30. The van der Waals surface area contributed by atoms with Gasteiger partial charge in [0, 0.05) is 5.02 Å². The Labute approximate surface area is 159 Å². The standard InChI is InChI=1S/C21H23ClN2O2/c1-20(2,3)15-7-5-14(6-8-15)13-24-18(25)21(4,23-19(24)26)16-9-11-17(22)12-10-16/h5-12H,13H2,1-4H3,(H,23,26)/t21-/m0/s1. The molecule has 0 radical (unpaired) electrons. The zero-order valence-corrected chi connectivity index (χ0v) is 16.2. The van der Waals surface area contributed by atoms with Gasteiger partial charge in [0.15, 0.2) is 0 Å². The number of benzene rings is 2. The highest BCUT2D eigenvalue weighted by atomic mass is 35.5. The molecule has 26 heavy (non-hydrogen) atoms. The van der Waals surface area contributed by atoms with E-state index in [1.165, 1.54) is 10.5 Å². The van der Waals surface area contributed by atoms with Gasteiger partial charge in [-0.25, -0.2) is 4.79 Å². The summed E-state index contributed by atoms with van der Waals surface area (Å²) in [7, 11) is 0. The molecule has 0 aliphatic carbocycles. The third-order valence-corrected chi connectivity index (χ3v) is 5.11. The summed E-state index contributed by atoms with van der Waals surface area (Å²) in [6.45, 7) is 8.42. The van der Waals surface area contributed by atoms with E-state index >= 15 is 0 Å². The van der Waals surface area contributed by atoms with Crippen LogP contribution >= 0.6 is 11.6 Å². The van der Waals surface area contributed by atoms with Gasteiger partial charge in [-0.3, -0.25) is 9.69 Å². The molecule has 0 spiro atoms. The van der Waals surface area contributed by atoms with E-state index in [9.17, 15) is 9.59 Å². The molecule has 1 aliphatic heterocycles. The molecular formula is C21H23ClN2O2. The first-order valence-corrected chi connectivity index (χ1v) is 8.98. The van der Waals surface area contributed by atoms with Crippen molar-refractivity contribution in [3.63, 3.8) is 0 Å². The number of carbonyl (C=O) groups is 2. The van der Waals surface area contributed by atoms with Gasteiger partial charge < -0.3 is 5.32 Å². The van der Waals surface area contributed by atoms with Crippen LogP contribution in [0.15, 0.2) is 48.5 Å². The smallest absolute Gasteiger partial charge is 0.319 e. The lowest BCUT2D eigenvalue weighted by Gasteiger charge is -2.22. The maximum Gasteiger partial charge on any atom is 0.325 e. The Morgan fingerprint density at radius 2 is 1.58 bits per heavy atom. The Morgan fingerprint density at radius 3 is 2.12 bits per heavy atom. The number of rotatable bonds is 3. The largest absolute Gasteiger partial charge is 0.325 e. The molecule has 1 atom stereocenters. The Morgan fingerprint density at radius 1 is 1.00 bits per heavy atom. The van der Waals surface area contributed by atoms with Gasteiger partial charge in [-0.2, -0.15) is 0 Å². The zero-order chi connectivity index (χ0) is 19.1. The molecule has 0 saturated carbocycles. The van der Waals surface area contributed by atoms with Crippen molar-refractivity contribution in [1.82, 2.24) is 10.2 Å². The molecule has 3 amide bonds. The topological polar surface area (TPSA) is 49.4 Å². The molecule has 1 saturated heterocycles. The van der Waals surface area contributed by atoms with Crippen LogP contribution in [-0.2, 0) is 22.3 Å². The SMILES string of the molecule is CC(C)(C)c1ccc(CN2C(=O)N[C@@](C)(c3ccc(Cl)cc3)C2=O)cc1. The number of halogens is 1. The number of urea groups is 1. The van der Waals surface area contributed by atoms with Crippen LogP contribution in [0.3, 0.4) is 0 Å². The van der Waals surface area contributed by atoms with Crippen molar-refractivity contribution in [3.05, 3.63) is 70.2 Å². The number of carbonyl (C=O) groups excluding carboxylic acids is 2. The molecule has 0 unspecified atom stereocenters. The normalized spacial score (nSPS) is 20.4. The number of nitrogens with one attached hydrogen (secondary N) is 1. The van der Waals surface area contributed by atoms with E-state index in [0.29, 0.717) is 10.6 Å². The van der Waals surface area contributed by atoms with E-state index in [4.69, 9.17) is 11.6 Å². The summed E-state index contributed by atoms with van der Waals surface area (Å²) in [6, 6.07) is 14.6. The summed E-state index contributed by atoms with van der Waals surface area (Å²) in [6.07, 6.45) is 0. The van der Waals surface area contributed by atoms with Gasteiger partial charge in [0.05, 0.1) is 6.54 Å². The van der Waals surface area contributed by atoms with Gasteiger partial charge in [-0.1, -0.05) is 68.8 Å². The Bertz CT molecular complexity index is 838. The van der Waals surface area contributed by atoms with Crippen molar-refractivity contribution in [2.24, 2.45) is 0 Å². The average molecular weight is 371 g/mol. The van der Waals surface area contributed by atoms with Crippen LogP contribution in [0.1, 0.15) is 44.4 Å². The van der Waals surface area contributed by atoms with Crippen molar-refractivity contribution >= 4 is 23.5 Å².